The molecule has 7 heteroatoms. The van der Waals surface area contributed by atoms with Crippen molar-refractivity contribution in [2.75, 3.05) is 12.4 Å². The fourth-order valence-corrected chi connectivity index (χ4v) is 2.65. The highest BCUT2D eigenvalue weighted by atomic mass is 79.9. The fourth-order valence-electron chi connectivity index (χ4n) is 1.31. The maximum atomic E-state index is 13.6. The molecule has 0 bridgehead atoms. The predicted molar refractivity (Wildman–Crippen MR) is 74.8 cm³/mol. The third-order valence-electron chi connectivity index (χ3n) is 2.27. The monoisotopic (exact) mass is 353 g/mol. The van der Waals surface area contributed by atoms with Gasteiger partial charge in [-0.3, -0.25) is 4.79 Å². The normalized spacial score (nSPS) is 12.3. The Hall–Kier alpha value is -0.660. The van der Waals surface area contributed by atoms with Crippen LogP contribution in [0.3, 0.4) is 0 Å². The summed E-state index contributed by atoms with van der Waals surface area (Å²) in [5, 5.41) is 0. The van der Waals surface area contributed by atoms with Crippen molar-refractivity contribution in [2.24, 2.45) is 5.73 Å². The molecule has 19 heavy (non-hydrogen) atoms. The van der Waals surface area contributed by atoms with Crippen molar-refractivity contribution < 1.29 is 18.3 Å². The summed E-state index contributed by atoms with van der Waals surface area (Å²) in [7, 11) is 0. The highest BCUT2D eigenvalue weighted by Gasteiger charge is 2.16. The molecule has 1 aromatic rings. The molecular formula is C12H14BrF2NO2S. The molecule has 0 fully saturated rings. The predicted octanol–water partition coefficient (Wildman–Crippen LogP) is 2.85. The second kappa shape index (κ2) is 7.81. The minimum absolute atomic E-state index is 0.0320. The molecule has 3 nitrogen and oxygen atoms in total. The van der Waals surface area contributed by atoms with E-state index in [0.717, 1.165) is 0 Å². The molecule has 0 heterocycles. The third kappa shape index (κ3) is 4.74. The zero-order chi connectivity index (χ0) is 14.4. The first-order valence-corrected chi connectivity index (χ1v) is 7.54. The minimum Gasteiger partial charge on any atom is -0.465 e. The van der Waals surface area contributed by atoms with Crippen LogP contribution < -0.4 is 5.73 Å². The molecule has 1 aromatic carbocycles. The van der Waals surface area contributed by atoms with Crippen LogP contribution in [0.1, 0.15) is 12.5 Å². The number of halogens is 3. The van der Waals surface area contributed by atoms with Gasteiger partial charge in [0.1, 0.15) is 17.7 Å². The highest BCUT2D eigenvalue weighted by molar-refractivity contribution is 9.10. The van der Waals surface area contributed by atoms with Crippen molar-refractivity contribution in [1.82, 2.24) is 0 Å². The van der Waals surface area contributed by atoms with Gasteiger partial charge in [0, 0.05) is 17.1 Å². The Morgan fingerprint density at radius 3 is 2.84 bits per heavy atom. The first-order chi connectivity index (χ1) is 8.97. The number of thioether (sulfide) groups is 1. The Bertz CT molecular complexity index is 460. The lowest BCUT2D eigenvalue weighted by atomic mass is 10.2. The van der Waals surface area contributed by atoms with Crippen LogP contribution in [0.2, 0.25) is 0 Å². The van der Waals surface area contributed by atoms with E-state index in [9.17, 15) is 13.6 Å². The second-order valence-electron chi connectivity index (χ2n) is 3.70. The van der Waals surface area contributed by atoms with E-state index >= 15 is 0 Å². The molecule has 0 amide bonds. The Morgan fingerprint density at radius 1 is 1.53 bits per heavy atom. The molecule has 0 saturated carbocycles. The largest absolute Gasteiger partial charge is 0.465 e. The lowest BCUT2D eigenvalue weighted by Gasteiger charge is -2.11. The van der Waals surface area contributed by atoms with Crippen LogP contribution in [0.5, 0.6) is 0 Å². The topological polar surface area (TPSA) is 52.3 Å². The van der Waals surface area contributed by atoms with Gasteiger partial charge in [-0.1, -0.05) is 0 Å². The molecule has 2 N–H and O–H groups in total. The smallest absolute Gasteiger partial charge is 0.323 e. The van der Waals surface area contributed by atoms with Crippen molar-refractivity contribution in [1.29, 1.82) is 0 Å². The van der Waals surface area contributed by atoms with Gasteiger partial charge < -0.3 is 10.5 Å². The average molecular weight is 354 g/mol. The summed E-state index contributed by atoms with van der Waals surface area (Å²) < 4.78 is 32.0. The van der Waals surface area contributed by atoms with E-state index < -0.39 is 23.6 Å². The Kier molecular flexibility index (Phi) is 6.74. The molecule has 0 radical (unpaired) electrons. The molecule has 0 aromatic heterocycles. The number of ether oxygens (including phenoxy) is 1. The maximum Gasteiger partial charge on any atom is 0.323 e. The zero-order valence-electron chi connectivity index (χ0n) is 10.3. The van der Waals surface area contributed by atoms with Crippen molar-refractivity contribution in [3.8, 4) is 0 Å². The average Bonchev–Trinajstić information content (AvgIpc) is 2.38. The molecule has 0 aliphatic heterocycles. The molecule has 0 spiro atoms. The van der Waals surface area contributed by atoms with E-state index in [-0.39, 0.29) is 28.1 Å². The number of carbonyl (C=O) groups excluding carboxylic acids is 1. The lowest BCUT2D eigenvalue weighted by Crippen LogP contribution is -2.34. The molecule has 0 saturated heterocycles. The number of esters is 1. The van der Waals surface area contributed by atoms with Crippen LogP contribution in [0.4, 0.5) is 8.78 Å². The summed E-state index contributed by atoms with van der Waals surface area (Å²) in [6.07, 6.45) is 0. The number of hydrogen-bond donors (Lipinski definition) is 1. The molecule has 0 aliphatic carbocycles. The van der Waals surface area contributed by atoms with Crippen molar-refractivity contribution in [3.63, 3.8) is 0 Å². The van der Waals surface area contributed by atoms with Crippen LogP contribution in [0.15, 0.2) is 16.6 Å². The van der Waals surface area contributed by atoms with Gasteiger partial charge in [-0.2, -0.15) is 11.8 Å². The third-order valence-corrected chi connectivity index (χ3v) is 3.97. The van der Waals surface area contributed by atoms with Gasteiger partial charge in [0.2, 0.25) is 0 Å². The fraction of sp³-hybridized carbons (Fsp3) is 0.417. The van der Waals surface area contributed by atoms with Crippen LogP contribution in [0.25, 0.3) is 0 Å². The van der Waals surface area contributed by atoms with E-state index in [1.165, 1.54) is 23.9 Å². The first kappa shape index (κ1) is 16.4. The quantitative estimate of drug-likeness (QED) is 0.631. The van der Waals surface area contributed by atoms with Crippen LogP contribution in [0, 0.1) is 11.6 Å². The lowest BCUT2D eigenvalue weighted by molar-refractivity contribution is -0.144. The Labute approximate surface area is 123 Å². The molecule has 1 atom stereocenters. The van der Waals surface area contributed by atoms with Crippen molar-refractivity contribution >= 4 is 33.7 Å². The molecular weight excluding hydrogens is 340 g/mol. The van der Waals surface area contributed by atoms with E-state index in [4.69, 9.17) is 10.5 Å². The van der Waals surface area contributed by atoms with Gasteiger partial charge in [0.25, 0.3) is 0 Å². The number of rotatable bonds is 6. The van der Waals surface area contributed by atoms with Gasteiger partial charge >= 0.3 is 5.97 Å². The summed E-state index contributed by atoms with van der Waals surface area (Å²) in [5.74, 6) is -1.41. The zero-order valence-corrected chi connectivity index (χ0v) is 12.7. The van der Waals surface area contributed by atoms with Crippen LogP contribution >= 0.6 is 27.7 Å². The minimum atomic E-state index is -0.789. The Morgan fingerprint density at radius 2 is 2.21 bits per heavy atom. The van der Waals surface area contributed by atoms with Crippen molar-refractivity contribution in [2.45, 2.75) is 18.7 Å². The molecule has 0 aliphatic rings. The molecule has 106 valence electrons. The van der Waals surface area contributed by atoms with Gasteiger partial charge in [-0.25, -0.2) is 8.78 Å². The number of benzene rings is 1. The van der Waals surface area contributed by atoms with E-state index in [1.807, 2.05) is 0 Å². The summed E-state index contributed by atoms with van der Waals surface area (Å²) in [6.45, 7) is 1.94. The van der Waals surface area contributed by atoms with Crippen LogP contribution in [-0.4, -0.2) is 24.4 Å². The van der Waals surface area contributed by atoms with Crippen LogP contribution in [-0.2, 0) is 15.3 Å². The SMILES string of the molecule is CCOC(=O)C(N)CSCc1c(F)ccc(Br)c1F. The summed E-state index contributed by atoms with van der Waals surface area (Å²) in [4.78, 5) is 11.3. The molecule has 1 rings (SSSR count). The van der Waals surface area contributed by atoms with Crippen molar-refractivity contribution in [3.05, 3.63) is 33.8 Å². The second-order valence-corrected chi connectivity index (χ2v) is 5.58. The standard InChI is InChI=1S/C12H14BrF2NO2S/c1-2-18-12(17)10(16)6-19-5-7-9(14)4-3-8(13)11(7)15/h3-4,10H,2,5-6,16H2,1H3. The maximum absolute atomic E-state index is 13.6. The van der Waals surface area contributed by atoms with Gasteiger partial charge in [0.15, 0.2) is 0 Å². The summed E-state index contributed by atoms with van der Waals surface area (Å²) in [6, 6.07) is 1.71. The van der Waals surface area contributed by atoms with Gasteiger partial charge in [0.05, 0.1) is 11.1 Å². The number of carbonyl (C=O) groups is 1. The van der Waals surface area contributed by atoms with Gasteiger partial charge in [-0.05, 0) is 35.0 Å². The van der Waals surface area contributed by atoms with E-state index in [2.05, 4.69) is 15.9 Å². The van der Waals surface area contributed by atoms with E-state index in [0.29, 0.717) is 0 Å². The number of hydrogen-bond acceptors (Lipinski definition) is 4. The first-order valence-electron chi connectivity index (χ1n) is 5.59. The number of nitrogens with two attached hydrogens (primary N) is 1. The van der Waals surface area contributed by atoms with Gasteiger partial charge in [-0.15, -0.1) is 0 Å². The Balaban J connectivity index is 2.54. The highest BCUT2D eigenvalue weighted by Crippen LogP contribution is 2.25. The van der Waals surface area contributed by atoms with E-state index in [1.54, 1.807) is 6.92 Å². The molecule has 1 unspecified atom stereocenters. The summed E-state index contributed by atoms with van der Waals surface area (Å²) >= 11 is 4.17. The summed E-state index contributed by atoms with van der Waals surface area (Å²) in [5.41, 5.74) is 5.55.